The van der Waals surface area contributed by atoms with Crippen LogP contribution in [-0.2, 0) is 224 Å². The first-order valence-corrected chi connectivity index (χ1v) is 43.3. The largest absolute Gasteiger partial charge is 0.451 e. The Kier molecular flexibility index (Phi) is 46.0. The second-order valence-electron chi connectivity index (χ2n) is 27.7. The van der Waals surface area contributed by atoms with E-state index in [0.29, 0.717) is 54.1 Å². The molecular formula is C61H85Cl4N25O24S5Y4-8. The van der Waals surface area contributed by atoms with Crippen molar-refractivity contribution in [1.29, 1.82) is 0 Å². The maximum Gasteiger partial charge on any atom is 0.422 e. The topological polar surface area (TPSA) is 687 Å². The third-order valence-electron chi connectivity index (χ3n) is 14.4. The van der Waals surface area contributed by atoms with Gasteiger partial charge in [0, 0.05) is 166 Å². The standard InChI is InChI=1S/C18H25ClN6O6S.C14H20N6O4S.C13H15ClN4O3.C10H13ClN6O4S.C5H12N2O4S.CClNO3S.4Y/c1-17(2,3)31-16(26)25(32(20,27)28)7-6-11-12(30-18(4,5)29-11)8-24-10-23-13-14(19)21-9-22-15(13)24;1-9-12-13(17-7-16-9)20(8-18-12)6-11-10(23-14(2,3)24-11)4-5-19-25(15,21)22;1-13(2)20-8(3-4-19)9(21-13)5-18-7-17-10-11(14)15-6-16-12(10)18;11-9-8-10(14-4-13-9)17(5-15-8)3-7(19)6(18)1-2-16-22(12,20)21;1-5(2,3)11-4(8)7-12(6,9)10;2-7(5,6)3-1-4;;;;/h6,8-12H,7H2,1-5H3,(H2,20,27,28);4,6-8,10-11,19H,5H2,1-3H3,(H2,15,21,22);3,5-9,19H,4H2,1-2H3;1,3-7,16,18-19H,2H2,(H2,12,20,21);1-3H3,(H,7,8)(H2,6,9,10);;;;;/q4*-2;;;;;;/t11-,12+;10-,11+;8-,9+;6-,7+;;;;;;/m1111....../s1. The van der Waals surface area contributed by atoms with E-state index in [1.54, 1.807) is 128 Å². The molecule has 11 rings (SSSR count). The second kappa shape index (κ2) is 49.0. The van der Waals surface area contributed by atoms with Crippen molar-refractivity contribution < 1.29 is 241 Å². The number of fused-ring (bicyclic) bond motifs is 4. The Morgan fingerprint density at radius 2 is 0.886 bits per heavy atom. The summed E-state index contributed by atoms with van der Waals surface area (Å²) in [4.78, 5) is 81.0. The van der Waals surface area contributed by atoms with E-state index in [1.165, 1.54) is 60.2 Å². The number of aliphatic hydroxyl groups excluding tert-OH is 3. The number of carbonyl (C=O) groups is 2. The minimum Gasteiger partial charge on any atom is -0.451 e. The first-order chi connectivity index (χ1) is 54.7. The summed E-state index contributed by atoms with van der Waals surface area (Å²) in [5.41, 5.74) is 3.17. The monoisotopic (exact) mass is 2210 g/mol. The van der Waals surface area contributed by atoms with Crippen molar-refractivity contribution in [3.05, 3.63) is 124 Å². The molecule has 4 radical (unpaired) electrons. The van der Waals surface area contributed by atoms with E-state index in [9.17, 15) is 61.9 Å². The van der Waals surface area contributed by atoms with Gasteiger partial charge in [-0.25, -0.2) is 73.3 Å². The molecule has 0 aromatic carbocycles. The zero-order chi connectivity index (χ0) is 89.4. The van der Waals surface area contributed by atoms with Crippen molar-refractivity contribution >= 4 is 158 Å². The van der Waals surface area contributed by atoms with Crippen LogP contribution in [0, 0.1) is 58.8 Å². The molecule has 676 valence electrons. The molecule has 123 heavy (non-hydrogen) atoms. The van der Waals surface area contributed by atoms with E-state index in [4.69, 9.17) is 93.3 Å². The van der Waals surface area contributed by atoms with E-state index in [1.807, 2.05) is 25.5 Å². The number of ether oxygens (including phenoxy) is 8. The maximum absolute atomic E-state index is 12.4. The number of carbonyl (C=O) groups excluding carboxylic acids is 3. The van der Waals surface area contributed by atoms with Crippen LogP contribution >= 0.6 is 45.5 Å². The molecule has 8 aromatic heterocycles. The summed E-state index contributed by atoms with van der Waals surface area (Å²) < 4.78 is 166. The molecule has 8 aromatic rings. The number of nitrogens with two attached hydrogens (primary N) is 4. The van der Waals surface area contributed by atoms with Crippen molar-refractivity contribution in [1.82, 2.24) is 96.5 Å². The van der Waals surface area contributed by atoms with Gasteiger partial charge in [0.25, 0.3) is 26.5 Å². The first kappa shape index (κ1) is 115. The van der Waals surface area contributed by atoms with Crippen molar-refractivity contribution in [2.75, 3.05) is 26.2 Å². The predicted molar refractivity (Wildman–Crippen MR) is 421 cm³/mol. The van der Waals surface area contributed by atoms with Gasteiger partial charge in [-0.2, -0.15) is 42.1 Å². The predicted octanol–water partition coefficient (Wildman–Crippen LogP) is 0.242. The molecule has 2 amide bonds. The fourth-order valence-electron chi connectivity index (χ4n) is 10.0. The molecule has 3 fully saturated rings. The molecule has 62 heteroatoms. The summed E-state index contributed by atoms with van der Waals surface area (Å²) >= 11 is 17.9. The van der Waals surface area contributed by atoms with E-state index in [0.717, 1.165) is 18.2 Å². The van der Waals surface area contributed by atoms with Crippen molar-refractivity contribution in [2.24, 2.45) is 25.0 Å². The average molecular weight is 2210 g/mol. The van der Waals surface area contributed by atoms with Crippen LogP contribution in [0.5, 0.6) is 0 Å². The van der Waals surface area contributed by atoms with Crippen LogP contribution in [0.25, 0.3) is 44.7 Å². The number of amides is 2. The molecule has 3 aliphatic rings. The van der Waals surface area contributed by atoms with E-state index < -0.39 is 127 Å². The minimum absolute atomic E-state index is 0. The fourth-order valence-corrected chi connectivity index (χ4v) is 12.2. The number of rotatable bonds is 25. The molecule has 0 bridgehead atoms. The number of hydrogen-bond acceptors (Lipinski definition) is 36. The van der Waals surface area contributed by atoms with E-state index >= 15 is 0 Å². The average Bonchev–Trinajstić information content (AvgIpc) is 1.66. The van der Waals surface area contributed by atoms with Crippen LogP contribution in [0.1, 0.15) is 88.8 Å². The zero-order valence-corrected chi connectivity index (χ0v) is 85.8. The van der Waals surface area contributed by atoms with Gasteiger partial charge in [-0.3, -0.25) is 45.6 Å². The molecule has 0 unspecified atom stereocenters. The Balaban J connectivity index is 0.000000518. The summed E-state index contributed by atoms with van der Waals surface area (Å²) in [6, 6.07) is 0. The van der Waals surface area contributed by atoms with Crippen molar-refractivity contribution in [3.8, 4) is 0 Å². The SMILES string of the molecule is CC(C)(C)OC(=O)N(C[CH-][C@H]1OC(C)(C)O[C@H]1[CH-]n1cnc2c(Cl)ncnc21)S(N)(=O)=O.CC(C)(C)OC(=O)NS(N)(=O)=O.CC1(C)O[C@@H]([CH-]n2cnc3c(Cl)ncnc32)[C@@H]([CH-]CO)O1.Cc1ncnc2c1ncn2[CH-][C@@H]1OC(C)(C)O[C@@H]1[CH-]CNS(N)(=O)=O.NS(=O)(=O)NC[CH-][C@@H](O)[C@@H](O)[CH-]n1cnc2c(Cl)ncnc21.O=C=NS(=O)(=O)Cl.[Y].[Y].[Y].[Y]. The van der Waals surface area contributed by atoms with Crippen LogP contribution in [0.4, 0.5) is 9.59 Å². The Labute approximate surface area is 828 Å². The van der Waals surface area contributed by atoms with E-state index in [-0.39, 0.29) is 180 Å². The number of nitrogens with one attached hydrogen (secondary N) is 3. The number of halogens is 4. The van der Waals surface area contributed by atoms with Crippen molar-refractivity contribution in [2.45, 2.75) is 167 Å². The number of nitrogens with zero attached hydrogens (tertiary/aromatic N) is 18. The van der Waals surface area contributed by atoms with Gasteiger partial charge in [-0.05, 0) is 140 Å². The Morgan fingerprint density at radius 1 is 0.537 bits per heavy atom. The fraction of sp³-hybridized carbons (Fsp3) is 0.492. The maximum atomic E-state index is 12.4. The first-order valence-electron chi connectivity index (χ1n) is 33.8. The van der Waals surface area contributed by atoms with E-state index in [2.05, 4.69) is 89.5 Å². The number of aryl methyl sites for hydroxylation is 1. The van der Waals surface area contributed by atoms with Crippen LogP contribution in [-0.4, -0.2) is 262 Å². The van der Waals surface area contributed by atoms with Crippen LogP contribution in [0.2, 0.25) is 15.5 Å². The third kappa shape index (κ3) is 39.5. The molecule has 8 atom stereocenters. The van der Waals surface area contributed by atoms with Gasteiger partial charge in [-0.1, -0.05) is 78.5 Å². The number of aromatic nitrogens is 16. The van der Waals surface area contributed by atoms with Gasteiger partial charge in [-0.15, -0.1) is 13.1 Å². The summed E-state index contributed by atoms with van der Waals surface area (Å²) in [5, 5.41) is 48.8. The van der Waals surface area contributed by atoms with Gasteiger partial charge in [0.05, 0.1) is 50.3 Å². The minimum atomic E-state index is -4.38. The normalized spacial score (nSPS) is 18.8. The summed E-state index contributed by atoms with van der Waals surface area (Å²) in [6.45, 7) is 27.9. The summed E-state index contributed by atoms with van der Waals surface area (Å²) in [7, 11) is -15.7. The zero-order valence-electron chi connectivity index (χ0n) is 67.3. The Hall–Kier alpha value is -3.67. The van der Waals surface area contributed by atoms with Gasteiger partial charge in [0.15, 0.2) is 17.4 Å². The van der Waals surface area contributed by atoms with Gasteiger partial charge >= 0.3 is 41.8 Å². The van der Waals surface area contributed by atoms with Gasteiger partial charge in [0.2, 0.25) is 0 Å². The summed E-state index contributed by atoms with van der Waals surface area (Å²) in [6.07, 6.45) is 10.3. The smallest absolute Gasteiger partial charge is 0.422 e. The molecule has 3 saturated heterocycles. The van der Waals surface area contributed by atoms with Crippen molar-refractivity contribution in [3.63, 3.8) is 0 Å². The Morgan fingerprint density at radius 3 is 1.24 bits per heavy atom. The third-order valence-corrected chi connectivity index (χ3v) is 18.2. The Bertz CT molecular complexity index is 5470. The number of isocyanates is 1. The molecule has 0 spiro atoms. The quantitative estimate of drug-likeness (QED) is 0.0120. The molecule has 3 aliphatic heterocycles. The van der Waals surface area contributed by atoms with Crippen LogP contribution in [0.15, 0.2) is 55.0 Å². The number of hydrogen-bond donors (Lipinski definition) is 10. The van der Waals surface area contributed by atoms with Gasteiger partial charge < -0.3 is 91.4 Å². The van der Waals surface area contributed by atoms with Gasteiger partial charge in [0.1, 0.15) is 52.0 Å². The van der Waals surface area contributed by atoms with Crippen LogP contribution in [0.3, 0.4) is 0 Å². The second-order valence-corrected chi connectivity index (χ2v) is 36.5. The molecule has 14 N–H and O–H groups in total. The molecule has 0 aliphatic carbocycles. The number of aliphatic hydroxyl groups is 3. The molecule has 0 saturated carbocycles. The number of imidazole rings is 4. The van der Waals surface area contributed by atoms with Crippen LogP contribution < -0.4 is 34.7 Å². The molecular weight excluding hydrogens is 2120 g/mol. The summed E-state index contributed by atoms with van der Waals surface area (Å²) in [5.74, 6) is -2.52. The molecule has 49 nitrogen and oxygen atoms in total. The molecule has 11 heterocycles.